The summed E-state index contributed by atoms with van der Waals surface area (Å²) in [5, 5.41) is 14.2. The second-order valence-electron chi connectivity index (χ2n) is 2.62. The molecule has 0 aliphatic rings. The van der Waals surface area contributed by atoms with Crippen LogP contribution in [-0.4, -0.2) is 26.8 Å². The van der Waals surface area contributed by atoms with E-state index in [2.05, 4.69) is 10.4 Å². The van der Waals surface area contributed by atoms with E-state index in [1.807, 2.05) is 0 Å². The minimum atomic E-state index is -0.410. The van der Waals surface area contributed by atoms with Crippen molar-refractivity contribution >= 4 is 5.91 Å². The maximum absolute atomic E-state index is 11.2. The van der Waals surface area contributed by atoms with Gasteiger partial charge in [-0.15, -0.1) is 0 Å². The third-order valence-electron chi connectivity index (χ3n) is 1.54. The van der Waals surface area contributed by atoms with E-state index in [-0.39, 0.29) is 18.8 Å². The molecule has 0 unspecified atom stereocenters. The predicted molar refractivity (Wildman–Crippen MR) is 46.1 cm³/mol. The number of carbonyl (C=O) groups excluding carboxylic acids is 1. The highest BCUT2D eigenvalue weighted by atomic mass is 16.2. The Bertz CT molecular complexity index is 424. The van der Waals surface area contributed by atoms with Crippen LogP contribution in [0.1, 0.15) is 0 Å². The zero-order chi connectivity index (χ0) is 10.6. The molecule has 14 heavy (non-hydrogen) atoms. The molecule has 74 valence electrons. The van der Waals surface area contributed by atoms with Gasteiger partial charge in [-0.1, -0.05) is 0 Å². The van der Waals surface area contributed by atoms with Gasteiger partial charge in [-0.25, -0.2) is 9.48 Å². The van der Waals surface area contributed by atoms with Crippen molar-refractivity contribution in [1.29, 1.82) is 5.26 Å². The van der Waals surface area contributed by atoms with Gasteiger partial charge in [-0.05, 0) is 0 Å². The van der Waals surface area contributed by atoms with E-state index in [1.165, 1.54) is 10.9 Å². The van der Waals surface area contributed by atoms with Crippen LogP contribution in [0.25, 0.3) is 0 Å². The molecule has 0 saturated heterocycles. The van der Waals surface area contributed by atoms with Crippen molar-refractivity contribution in [2.24, 2.45) is 7.05 Å². The van der Waals surface area contributed by atoms with Gasteiger partial charge in [-0.3, -0.25) is 9.36 Å². The molecule has 0 saturated carbocycles. The van der Waals surface area contributed by atoms with Crippen LogP contribution in [-0.2, 0) is 18.4 Å². The molecule has 1 amide bonds. The second-order valence-corrected chi connectivity index (χ2v) is 2.62. The number of aromatic nitrogens is 3. The Morgan fingerprint density at radius 3 is 3.00 bits per heavy atom. The minimum Gasteiger partial charge on any atom is -0.341 e. The number of aryl methyl sites for hydroxylation is 1. The summed E-state index contributed by atoms with van der Waals surface area (Å²) in [5.41, 5.74) is -0.364. The first kappa shape index (κ1) is 9.98. The molecular weight excluding hydrogens is 186 g/mol. The highest BCUT2D eigenvalue weighted by Crippen LogP contribution is 1.76. The standard InChI is InChI=1S/C7H9N5O2/c1-11-5-10-12(7(11)14)4-6(13)9-3-2-8/h5H,3-4H2,1H3,(H,9,13). The van der Waals surface area contributed by atoms with E-state index >= 15 is 0 Å². The summed E-state index contributed by atoms with van der Waals surface area (Å²) in [6, 6.07) is 1.76. The van der Waals surface area contributed by atoms with Gasteiger partial charge in [0.05, 0.1) is 6.07 Å². The zero-order valence-corrected chi connectivity index (χ0v) is 7.60. The van der Waals surface area contributed by atoms with Gasteiger partial charge in [0.25, 0.3) is 0 Å². The topological polar surface area (TPSA) is 92.7 Å². The van der Waals surface area contributed by atoms with E-state index in [0.29, 0.717) is 0 Å². The largest absolute Gasteiger partial charge is 0.345 e. The molecule has 1 aromatic heterocycles. The van der Waals surface area contributed by atoms with Gasteiger partial charge in [0.15, 0.2) is 0 Å². The van der Waals surface area contributed by atoms with E-state index in [9.17, 15) is 9.59 Å². The molecular formula is C7H9N5O2. The SMILES string of the molecule is Cn1cnn(CC(=O)NCC#N)c1=O. The van der Waals surface area contributed by atoms with Gasteiger partial charge in [0.1, 0.15) is 19.4 Å². The molecule has 0 atom stereocenters. The van der Waals surface area contributed by atoms with E-state index in [0.717, 1.165) is 4.68 Å². The Kier molecular flexibility index (Phi) is 3.01. The monoisotopic (exact) mass is 195 g/mol. The Labute approximate surface area is 79.6 Å². The number of hydrogen-bond donors (Lipinski definition) is 1. The molecule has 7 heteroatoms. The summed E-state index contributed by atoms with van der Waals surface area (Å²) in [7, 11) is 1.54. The van der Waals surface area contributed by atoms with Crippen LogP contribution in [0, 0.1) is 11.3 Å². The molecule has 0 aromatic carbocycles. The van der Waals surface area contributed by atoms with Crippen LogP contribution < -0.4 is 11.0 Å². The summed E-state index contributed by atoms with van der Waals surface area (Å²) in [5.74, 6) is -0.410. The maximum atomic E-state index is 11.2. The molecule has 7 nitrogen and oxygen atoms in total. The first-order valence-corrected chi connectivity index (χ1v) is 3.87. The summed E-state index contributed by atoms with van der Waals surface area (Å²) >= 11 is 0. The second kappa shape index (κ2) is 4.23. The van der Waals surface area contributed by atoms with Gasteiger partial charge in [0.2, 0.25) is 5.91 Å². The zero-order valence-electron chi connectivity index (χ0n) is 7.60. The summed E-state index contributed by atoms with van der Waals surface area (Å²) < 4.78 is 2.28. The van der Waals surface area contributed by atoms with E-state index < -0.39 is 5.91 Å². The van der Waals surface area contributed by atoms with Gasteiger partial charge >= 0.3 is 5.69 Å². The fourth-order valence-electron chi connectivity index (χ4n) is 0.859. The molecule has 0 fully saturated rings. The molecule has 1 N–H and O–H groups in total. The number of nitrogens with zero attached hydrogens (tertiary/aromatic N) is 4. The Morgan fingerprint density at radius 1 is 1.79 bits per heavy atom. The minimum absolute atomic E-state index is 0.0690. The molecule has 1 heterocycles. The molecule has 0 bridgehead atoms. The Hall–Kier alpha value is -2.10. The first-order valence-electron chi connectivity index (χ1n) is 3.87. The van der Waals surface area contributed by atoms with Crippen LogP contribution in [0.2, 0.25) is 0 Å². The van der Waals surface area contributed by atoms with Crippen molar-refractivity contribution in [2.75, 3.05) is 6.54 Å². The summed E-state index contributed by atoms with van der Waals surface area (Å²) in [4.78, 5) is 22.3. The van der Waals surface area contributed by atoms with Gasteiger partial charge in [-0.2, -0.15) is 10.4 Å². The molecule has 0 aliphatic carbocycles. The van der Waals surface area contributed by atoms with Crippen molar-refractivity contribution in [1.82, 2.24) is 19.7 Å². The van der Waals surface area contributed by atoms with Gasteiger partial charge in [0, 0.05) is 7.05 Å². The van der Waals surface area contributed by atoms with Crippen LogP contribution in [0.3, 0.4) is 0 Å². The van der Waals surface area contributed by atoms with Crippen LogP contribution in [0.4, 0.5) is 0 Å². The van der Waals surface area contributed by atoms with Crippen LogP contribution in [0.15, 0.2) is 11.1 Å². The van der Waals surface area contributed by atoms with Crippen molar-refractivity contribution in [3.8, 4) is 6.07 Å². The summed E-state index contributed by atoms with van der Waals surface area (Å²) in [6.45, 7) is -0.234. The van der Waals surface area contributed by atoms with Crippen molar-refractivity contribution in [2.45, 2.75) is 6.54 Å². The highest BCUT2D eigenvalue weighted by molar-refractivity contribution is 5.75. The highest BCUT2D eigenvalue weighted by Gasteiger charge is 2.06. The fourth-order valence-corrected chi connectivity index (χ4v) is 0.859. The van der Waals surface area contributed by atoms with Crippen molar-refractivity contribution in [3.63, 3.8) is 0 Å². The fraction of sp³-hybridized carbons (Fsp3) is 0.429. The predicted octanol–water partition coefficient (Wildman–Crippen LogP) is -1.78. The Morgan fingerprint density at radius 2 is 2.50 bits per heavy atom. The van der Waals surface area contributed by atoms with E-state index in [1.54, 1.807) is 13.1 Å². The van der Waals surface area contributed by atoms with Crippen molar-refractivity contribution < 1.29 is 4.79 Å². The number of nitriles is 1. The molecule has 0 aliphatic heterocycles. The molecule has 0 radical (unpaired) electrons. The van der Waals surface area contributed by atoms with Crippen LogP contribution in [0.5, 0.6) is 0 Å². The lowest BCUT2D eigenvalue weighted by atomic mass is 10.5. The quantitative estimate of drug-likeness (QED) is 0.577. The normalized spacial score (nSPS) is 9.43. The maximum Gasteiger partial charge on any atom is 0.345 e. The summed E-state index contributed by atoms with van der Waals surface area (Å²) in [6.07, 6.45) is 1.32. The lowest BCUT2D eigenvalue weighted by Gasteiger charge is -1.98. The lowest BCUT2D eigenvalue weighted by molar-refractivity contribution is -0.121. The Balaban J connectivity index is 2.62. The average Bonchev–Trinajstić information content (AvgIpc) is 2.46. The number of amides is 1. The van der Waals surface area contributed by atoms with Crippen molar-refractivity contribution in [3.05, 3.63) is 16.8 Å². The van der Waals surface area contributed by atoms with Crippen LogP contribution >= 0.6 is 0 Å². The number of carbonyl (C=O) groups is 1. The number of rotatable bonds is 3. The van der Waals surface area contributed by atoms with E-state index in [4.69, 9.17) is 5.26 Å². The third-order valence-corrected chi connectivity index (χ3v) is 1.54. The molecule has 1 rings (SSSR count). The van der Waals surface area contributed by atoms with Gasteiger partial charge < -0.3 is 5.32 Å². The molecule has 0 spiro atoms. The molecule has 1 aromatic rings. The first-order chi connectivity index (χ1) is 6.65. The number of nitrogens with one attached hydrogen (secondary N) is 1. The smallest absolute Gasteiger partial charge is 0.341 e. The third kappa shape index (κ3) is 2.20. The number of hydrogen-bond acceptors (Lipinski definition) is 4. The average molecular weight is 195 g/mol. The lowest BCUT2D eigenvalue weighted by Crippen LogP contribution is -2.33.